The van der Waals surface area contributed by atoms with Crippen molar-refractivity contribution in [2.45, 2.75) is 38.4 Å². The molecule has 0 aromatic carbocycles. The largest absolute Gasteiger partial charge is 0.318 e. The molecule has 0 radical (unpaired) electrons. The van der Waals surface area contributed by atoms with Gasteiger partial charge in [-0.25, -0.2) is 13.1 Å². The second-order valence-corrected chi connectivity index (χ2v) is 6.77. The minimum absolute atomic E-state index is 0.270. The van der Waals surface area contributed by atoms with E-state index in [1.807, 2.05) is 0 Å². The van der Waals surface area contributed by atoms with E-state index in [9.17, 15) is 8.42 Å². The van der Waals surface area contributed by atoms with E-state index < -0.39 is 10.0 Å². The van der Waals surface area contributed by atoms with Crippen molar-refractivity contribution >= 4 is 10.0 Å². The van der Waals surface area contributed by atoms with Gasteiger partial charge in [0.15, 0.2) is 0 Å². The van der Waals surface area contributed by atoms with Crippen molar-refractivity contribution in [2.75, 3.05) is 20.1 Å². The summed E-state index contributed by atoms with van der Waals surface area (Å²) >= 11 is 0. The summed E-state index contributed by atoms with van der Waals surface area (Å²) in [6.45, 7) is 4.96. The highest BCUT2D eigenvalue weighted by Crippen LogP contribution is 2.47. The van der Waals surface area contributed by atoms with Gasteiger partial charge in [0.05, 0.1) is 5.25 Å². The number of hydrogen-bond acceptors (Lipinski definition) is 3. The van der Waals surface area contributed by atoms with E-state index in [0.29, 0.717) is 13.1 Å². The molecule has 1 atom stereocenters. The molecule has 1 unspecified atom stereocenters. The van der Waals surface area contributed by atoms with Gasteiger partial charge in [-0.2, -0.15) is 0 Å². The maximum absolute atomic E-state index is 11.8. The van der Waals surface area contributed by atoms with Crippen molar-refractivity contribution in [3.8, 4) is 0 Å². The van der Waals surface area contributed by atoms with Crippen LogP contribution in [0.15, 0.2) is 0 Å². The van der Waals surface area contributed by atoms with Gasteiger partial charge in [0.1, 0.15) is 0 Å². The standard InChI is InChI=1S/C10H22N2O2S/c1-4-10(5-6-10)8-12-15(13,14)9(2)7-11-3/h9,11-12H,4-8H2,1-3H3. The molecular formula is C10H22N2O2S. The first-order valence-electron chi connectivity index (χ1n) is 5.59. The molecule has 1 fully saturated rings. The lowest BCUT2D eigenvalue weighted by Crippen LogP contribution is -2.40. The molecule has 0 aliphatic heterocycles. The summed E-state index contributed by atoms with van der Waals surface area (Å²) in [6, 6.07) is 0. The maximum Gasteiger partial charge on any atom is 0.215 e. The molecule has 15 heavy (non-hydrogen) atoms. The Morgan fingerprint density at radius 3 is 2.40 bits per heavy atom. The molecule has 0 heterocycles. The Labute approximate surface area is 92.9 Å². The predicted octanol–water partition coefficient (Wildman–Crippen LogP) is 0.704. The average Bonchev–Trinajstić information content (AvgIpc) is 2.96. The highest BCUT2D eigenvalue weighted by atomic mass is 32.2. The second-order valence-electron chi connectivity index (χ2n) is 4.59. The van der Waals surface area contributed by atoms with Crippen molar-refractivity contribution in [1.82, 2.24) is 10.0 Å². The summed E-state index contributed by atoms with van der Waals surface area (Å²) in [5.41, 5.74) is 0.270. The van der Waals surface area contributed by atoms with Crippen LogP contribution in [-0.2, 0) is 10.0 Å². The predicted molar refractivity (Wildman–Crippen MR) is 62.3 cm³/mol. The monoisotopic (exact) mass is 234 g/mol. The number of hydrogen-bond donors (Lipinski definition) is 2. The molecule has 90 valence electrons. The molecule has 1 aliphatic carbocycles. The van der Waals surface area contributed by atoms with Gasteiger partial charge in [-0.3, -0.25) is 0 Å². The van der Waals surface area contributed by atoms with E-state index in [1.54, 1.807) is 14.0 Å². The lowest BCUT2D eigenvalue weighted by molar-refractivity contribution is 0.472. The third-order valence-corrected chi connectivity index (χ3v) is 5.15. The van der Waals surface area contributed by atoms with Gasteiger partial charge < -0.3 is 5.32 Å². The molecule has 1 aliphatic rings. The van der Waals surface area contributed by atoms with Crippen molar-refractivity contribution < 1.29 is 8.42 Å². The smallest absolute Gasteiger partial charge is 0.215 e. The fourth-order valence-electron chi connectivity index (χ4n) is 1.63. The number of rotatable bonds is 7. The Kier molecular flexibility index (Phi) is 4.14. The van der Waals surface area contributed by atoms with E-state index in [2.05, 4.69) is 17.0 Å². The second kappa shape index (κ2) is 4.80. The average molecular weight is 234 g/mol. The van der Waals surface area contributed by atoms with Gasteiger partial charge >= 0.3 is 0 Å². The third kappa shape index (κ3) is 3.43. The van der Waals surface area contributed by atoms with Crippen molar-refractivity contribution in [3.63, 3.8) is 0 Å². The Hall–Kier alpha value is -0.130. The molecule has 0 aromatic rings. The number of sulfonamides is 1. The molecule has 0 saturated heterocycles. The zero-order valence-electron chi connectivity index (χ0n) is 9.84. The SMILES string of the molecule is CCC1(CNS(=O)(=O)C(C)CNC)CC1. The molecule has 4 nitrogen and oxygen atoms in total. The molecule has 2 N–H and O–H groups in total. The van der Waals surface area contributed by atoms with Gasteiger partial charge in [-0.05, 0) is 38.6 Å². The Morgan fingerprint density at radius 1 is 1.40 bits per heavy atom. The van der Waals surface area contributed by atoms with Crippen LogP contribution in [0.3, 0.4) is 0 Å². The fourth-order valence-corrected chi connectivity index (χ4v) is 2.80. The zero-order chi connectivity index (χ0) is 11.5. The summed E-state index contributed by atoms with van der Waals surface area (Å²) in [4.78, 5) is 0. The topological polar surface area (TPSA) is 58.2 Å². The lowest BCUT2D eigenvalue weighted by Gasteiger charge is -2.17. The van der Waals surface area contributed by atoms with E-state index in [0.717, 1.165) is 19.3 Å². The van der Waals surface area contributed by atoms with Gasteiger partial charge in [0.2, 0.25) is 10.0 Å². The third-order valence-electron chi connectivity index (χ3n) is 3.38. The van der Waals surface area contributed by atoms with Crippen LogP contribution in [0.4, 0.5) is 0 Å². The number of nitrogens with one attached hydrogen (secondary N) is 2. The molecule has 5 heteroatoms. The van der Waals surface area contributed by atoms with Crippen LogP contribution in [0.5, 0.6) is 0 Å². The quantitative estimate of drug-likeness (QED) is 0.682. The molecule has 1 saturated carbocycles. The van der Waals surface area contributed by atoms with Crippen LogP contribution < -0.4 is 10.0 Å². The summed E-state index contributed by atoms with van der Waals surface area (Å²) in [6.07, 6.45) is 3.38. The van der Waals surface area contributed by atoms with Crippen LogP contribution in [0.1, 0.15) is 33.1 Å². The van der Waals surface area contributed by atoms with Gasteiger partial charge in [-0.15, -0.1) is 0 Å². The van der Waals surface area contributed by atoms with E-state index >= 15 is 0 Å². The molecule has 0 bridgehead atoms. The first-order valence-corrected chi connectivity index (χ1v) is 7.13. The van der Waals surface area contributed by atoms with Gasteiger partial charge in [0.25, 0.3) is 0 Å². The molecular weight excluding hydrogens is 212 g/mol. The minimum atomic E-state index is -3.14. The fraction of sp³-hybridized carbons (Fsp3) is 1.00. The van der Waals surface area contributed by atoms with Crippen LogP contribution >= 0.6 is 0 Å². The van der Waals surface area contributed by atoms with E-state index in [1.165, 1.54) is 0 Å². The first-order chi connectivity index (χ1) is 6.96. The lowest BCUT2D eigenvalue weighted by atomic mass is 10.1. The summed E-state index contributed by atoms with van der Waals surface area (Å²) in [5.74, 6) is 0. The summed E-state index contributed by atoms with van der Waals surface area (Å²) < 4.78 is 26.2. The summed E-state index contributed by atoms with van der Waals surface area (Å²) in [5, 5.41) is 2.52. The Bertz CT molecular complexity index is 297. The molecule has 0 spiro atoms. The van der Waals surface area contributed by atoms with E-state index in [-0.39, 0.29) is 10.7 Å². The first kappa shape index (κ1) is 12.9. The highest BCUT2D eigenvalue weighted by molar-refractivity contribution is 7.90. The summed E-state index contributed by atoms with van der Waals surface area (Å²) in [7, 11) is -1.37. The van der Waals surface area contributed by atoms with Crippen molar-refractivity contribution in [2.24, 2.45) is 5.41 Å². The van der Waals surface area contributed by atoms with Gasteiger partial charge in [0, 0.05) is 13.1 Å². The molecule has 0 aromatic heterocycles. The van der Waals surface area contributed by atoms with E-state index in [4.69, 9.17) is 0 Å². The normalized spacial score (nSPS) is 21.3. The Morgan fingerprint density at radius 2 is 2.00 bits per heavy atom. The Balaban J connectivity index is 2.43. The van der Waals surface area contributed by atoms with Crippen LogP contribution in [0.2, 0.25) is 0 Å². The highest BCUT2D eigenvalue weighted by Gasteiger charge is 2.41. The van der Waals surface area contributed by atoms with Crippen molar-refractivity contribution in [1.29, 1.82) is 0 Å². The van der Waals surface area contributed by atoms with Crippen LogP contribution in [-0.4, -0.2) is 33.8 Å². The van der Waals surface area contributed by atoms with Crippen LogP contribution in [0.25, 0.3) is 0 Å². The van der Waals surface area contributed by atoms with Gasteiger partial charge in [-0.1, -0.05) is 6.92 Å². The van der Waals surface area contributed by atoms with Crippen molar-refractivity contribution in [3.05, 3.63) is 0 Å². The minimum Gasteiger partial charge on any atom is -0.318 e. The van der Waals surface area contributed by atoms with Crippen LogP contribution in [0, 0.1) is 5.41 Å². The maximum atomic E-state index is 11.8. The zero-order valence-corrected chi connectivity index (χ0v) is 10.7. The molecule has 1 rings (SSSR count). The molecule has 0 amide bonds.